The first-order valence-corrected chi connectivity index (χ1v) is 7.21. The quantitative estimate of drug-likeness (QED) is 0.601. The van der Waals surface area contributed by atoms with Gasteiger partial charge in [0.15, 0.2) is 0 Å². The van der Waals surface area contributed by atoms with Crippen LogP contribution in [0.25, 0.3) is 0 Å². The minimum absolute atomic E-state index is 0.342. The van der Waals surface area contributed by atoms with Crippen molar-refractivity contribution in [3.05, 3.63) is 0 Å². The second kappa shape index (κ2) is 2.70. The molecule has 0 aliphatic heterocycles. The number of halogens is 2. The lowest BCUT2D eigenvalue weighted by atomic mass is 9.48. The molecule has 1 atom stereocenters. The van der Waals surface area contributed by atoms with E-state index in [0.717, 1.165) is 24.2 Å². The average Bonchev–Trinajstić information content (AvgIpc) is 2.73. The standard InChI is InChI=1S/C13H18Cl2/c14-13(15)7-11(13)12-4-8-1-9(5-12)3-10(2-8)6-12/h8-11H,1-7H2. The van der Waals surface area contributed by atoms with Gasteiger partial charge in [-0.25, -0.2) is 0 Å². The van der Waals surface area contributed by atoms with Gasteiger partial charge in [-0.3, -0.25) is 0 Å². The van der Waals surface area contributed by atoms with E-state index in [-0.39, 0.29) is 4.33 Å². The van der Waals surface area contributed by atoms with Gasteiger partial charge < -0.3 is 0 Å². The first kappa shape index (κ1) is 9.59. The maximum atomic E-state index is 6.31. The number of alkyl halides is 2. The number of rotatable bonds is 1. The molecule has 0 amide bonds. The predicted molar refractivity (Wildman–Crippen MR) is 63.1 cm³/mol. The highest BCUT2D eigenvalue weighted by Gasteiger charge is 2.66. The van der Waals surface area contributed by atoms with Gasteiger partial charge in [0.05, 0.1) is 0 Å². The summed E-state index contributed by atoms with van der Waals surface area (Å²) in [6, 6.07) is 0. The lowest BCUT2D eigenvalue weighted by Gasteiger charge is -2.57. The van der Waals surface area contributed by atoms with Crippen molar-refractivity contribution in [2.45, 2.75) is 49.3 Å². The van der Waals surface area contributed by atoms with Crippen molar-refractivity contribution in [3.63, 3.8) is 0 Å². The Morgan fingerprint density at radius 3 is 1.47 bits per heavy atom. The summed E-state index contributed by atoms with van der Waals surface area (Å²) in [5.41, 5.74) is 0.582. The minimum Gasteiger partial charge on any atom is -0.101 e. The normalized spacial score (nSPS) is 59.6. The first-order chi connectivity index (χ1) is 7.07. The average molecular weight is 245 g/mol. The maximum absolute atomic E-state index is 6.31. The van der Waals surface area contributed by atoms with Gasteiger partial charge in [0, 0.05) is 5.92 Å². The smallest absolute Gasteiger partial charge is 0.101 e. The van der Waals surface area contributed by atoms with Crippen molar-refractivity contribution in [2.24, 2.45) is 29.1 Å². The molecule has 15 heavy (non-hydrogen) atoms. The molecule has 0 aromatic carbocycles. The molecule has 5 aliphatic carbocycles. The van der Waals surface area contributed by atoms with Gasteiger partial charge in [-0.05, 0) is 68.1 Å². The SMILES string of the molecule is ClC1(Cl)CC1C12CC3CC(CC(C3)C1)C2. The van der Waals surface area contributed by atoms with Crippen molar-refractivity contribution in [1.82, 2.24) is 0 Å². The Kier molecular flexibility index (Phi) is 1.72. The van der Waals surface area contributed by atoms with Crippen LogP contribution in [0.3, 0.4) is 0 Å². The molecule has 2 heteroatoms. The molecule has 5 fully saturated rings. The molecule has 4 bridgehead atoms. The number of hydrogen-bond acceptors (Lipinski definition) is 0. The molecule has 0 aromatic rings. The first-order valence-electron chi connectivity index (χ1n) is 6.45. The second-order valence-electron chi connectivity index (χ2n) is 6.80. The number of hydrogen-bond donors (Lipinski definition) is 0. The van der Waals surface area contributed by atoms with Gasteiger partial charge in [-0.1, -0.05) is 0 Å². The topological polar surface area (TPSA) is 0 Å². The molecule has 0 aromatic heterocycles. The van der Waals surface area contributed by atoms with Crippen LogP contribution in [-0.2, 0) is 0 Å². The summed E-state index contributed by atoms with van der Waals surface area (Å²) in [5.74, 6) is 3.73. The Balaban J connectivity index is 1.67. The van der Waals surface area contributed by atoms with Crippen molar-refractivity contribution in [3.8, 4) is 0 Å². The highest BCUT2D eigenvalue weighted by molar-refractivity contribution is 6.50. The third-order valence-electron chi connectivity index (χ3n) is 5.65. The lowest BCUT2D eigenvalue weighted by Crippen LogP contribution is -2.47. The van der Waals surface area contributed by atoms with E-state index in [1.165, 1.54) is 38.5 Å². The van der Waals surface area contributed by atoms with Crippen LogP contribution in [0.5, 0.6) is 0 Å². The molecule has 5 aliphatic rings. The van der Waals surface area contributed by atoms with Crippen LogP contribution in [-0.4, -0.2) is 4.33 Å². The van der Waals surface area contributed by atoms with Crippen molar-refractivity contribution in [2.75, 3.05) is 0 Å². The summed E-state index contributed by atoms with van der Waals surface area (Å²) in [6.45, 7) is 0. The third-order valence-corrected chi connectivity index (χ3v) is 6.49. The Morgan fingerprint density at radius 2 is 1.13 bits per heavy atom. The van der Waals surface area contributed by atoms with Crippen LogP contribution in [0.1, 0.15) is 44.9 Å². The highest BCUT2D eigenvalue weighted by atomic mass is 35.5. The van der Waals surface area contributed by atoms with E-state index in [1.807, 2.05) is 0 Å². The fourth-order valence-electron chi connectivity index (χ4n) is 5.48. The molecule has 84 valence electrons. The van der Waals surface area contributed by atoms with E-state index < -0.39 is 0 Å². The summed E-state index contributed by atoms with van der Waals surface area (Å²) >= 11 is 12.6. The van der Waals surface area contributed by atoms with Crippen molar-refractivity contribution in [1.29, 1.82) is 0 Å². The van der Waals surface area contributed by atoms with Crippen LogP contribution in [0.4, 0.5) is 0 Å². The van der Waals surface area contributed by atoms with Crippen LogP contribution < -0.4 is 0 Å². The molecule has 0 radical (unpaired) electrons. The van der Waals surface area contributed by atoms with E-state index in [2.05, 4.69) is 0 Å². The van der Waals surface area contributed by atoms with E-state index in [4.69, 9.17) is 23.2 Å². The molecule has 0 spiro atoms. The zero-order chi connectivity index (χ0) is 10.3. The largest absolute Gasteiger partial charge is 0.122 e. The van der Waals surface area contributed by atoms with E-state index >= 15 is 0 Å². The Morgan fingerprint density at radius 1 is 0.733 bits per heavy atom. The zero-order valence-corrected chi connectivity index (χ0v) is 10.5. The van der Waals surface area contributed by atoms with E-state index in [9.17, 15) is 0 Å². The van der Waals surface area contributed by atoms with Crippen molar-refractivity contribution >= 4 is 23.2 Å². The van der Waals surface area contributed by atoms with E-state index in [1.54, 1.807) is 0 Å². The maximum Gasteiger partial charge on any atom is 0.122 e. The molecule has 5 saturated carbocycles. The third kappa shape index (κ3) is 1.27. The molecular formula is C13H18Cl2. The summed E-state index contributed by atoms with van der Waals surface area (Å²) in [6.07, 6.45) is 9.97. The summed E-state index contributed by atoms with van der Waals surface area (Å²) in [7, 11) is 0. The summed E-state index contributed by atoms with van der Waals surface area (Å²) < 4.78 is -0.342. The summed E-state index contributed by atoms with van der Waals surface area (Å²) in [4.78, 5) is 0. The minimum atomic E-state index is -0.342. The fraction of sp³-hybridized carbons (Fsp3) is 1.00. The van der Waals surface area contributed by atoms with Gasteiger partial charge in [-0.15, -0.1) is 23.2 Å². The Labute approximate surface area is 102 Å². The molecule has 5 rings (SSSR count). The van der Waals surface area contributed by atoms with E-state index in [0.29, 0.717) is 11.3 Å². The Hall–Kier alpha value is 0.580. The summed E-state index contributed by atoms with van der Waals surface area (Å²) in [5, 5.41) is 0. The molecule has 0 N–H and O–H groups in total. The molecule has 0 saturated heterocycles. The highest BCUT2D eigenvalue weighted by Crippen LogP contribution is 2.72. The van der Waals surface area contributed by atoms with Crippen LogP contribution in [0, 0.1) is 29.1 Å². The van der Waals surface area contributed by atoms with Gasteiger partial charge in [0.25, 0.3) is 0 Å². The molecule has 1 unspecified atom stereocenters. The fourth-order valence-corrected chi connectivity index (χ4v) is 6.25. The van der Waals surface area contributed by atoms with Crippen LogP contribution in [0.2, 0.25) is 0 Å². The second-order valence-corrected chi connectivity index (χ2v) is 8.34. The Bertz CT molecular complexity index is 272. The lowest BCUT2D eigenvalue weighted by molar-refractivity contribution is -0.0662. The molecule has 0 nitrogen and oxygen atoms in total. The molecular weight excluding hydrogens is 227 g/mol. The van der Waals surface area contributed by atoms with Gasteiger partial charge in [0.1, 0.15) is 4.33 Å². The van der Waals surface area contributed by atoms with Crippen LogP contribution >= 0.6 is 23.2 Å². The predicted octanol–water partition coefficient (Wildman–Crippen LogP) is 4.40. The van der Waals surface area contributed by atoms with Gasteiger partial charge >= 0.3 is 0 Å². The zero-order valence-electron chi connectivity index (χ0n) is 9.02. The van der Waals surface area contributed by atoms with Gasteiger partial charge in [0.2, 0.25) is 0 Å². The van der Waals surface area contributed by atoms with Gasteiger partial charge in [-0.2, -0.15) is 0 Å². The van der Waals surface area contributed by atoms with Crippen molar-refractivity contribution < 1.29 is 0 Å². The monoisotopic (exact) mass is 244 g/mol. The van der Waals surface area contributed by atoms with Crippen LogP contribution in [0.15, 0.2) is 0 Å². The molecule has 0 heterocycles.